The van der Waals surface area contributed by atoms with Crippen LogP contribution in [-0.4, -0.2) is 22.3 Å². The molecule has 0 spiro atoms. The van der Waals surface area contributed by atoms with E-state index in [2.05, 4.69) is 5.16 Å². The molecule has 1 N–H and O–H groups in total. The van der Waals surface area contributed by atoms with Crippen molar-refractivity contribution >= 4 is 5.97 Å². The monoisotopic (exact) mass is 261 g/mol. The van der Waals surface area contributed by atoms with Gasteiger partial charge in [-0.2, -0.15) is 0 Å². The molecule has 1 aromatic heterocycles. The Labute approximate surface area is 110 Å². The average Bonchev–Trinajstić information content (AvgIpc) is 2.77. The number of aryl methyl sites for hydroxylation is 1. The van der Waals surface area contributed by atoms with Crippen LogP contribution in [-0.2, 0) is 0 Å². The maximum absolute atomic E-state index is 10.8. The molecule has 0 saturated heterocycles. The minimum absolute atomic E-state index is 0.0161. The predicted octanol–water partition coefficient (Wildman–Crippen LogP) is 3.14. The molecule has 19 heavy (non-hydrogen) atoms. The van der Waals surface area contributed by atoms with Gasteiger partial charge in [0.1, 0.15) is 5.75 Å². The van der Waals surface area contributed by atoms with Crippen molar-refractivity contribution in [1.82, 2.24) is 5.16 Å². The van der Waals surface area contributed by atoms with E-state index in [0.717, 1.165) is 11.1 Å². The van der Waals surface area contributed by atoms with Gasteiger partial charge in [0.05, 0.1) is 11.7 Å². The summed E-state index contributed by atoms with van der Waals surface area (Å²) < 4.78 is 10.8. The molecule has 0 aliphatic carbocycles. The minimum Gasteiger partial charge on any atom is -0.490 e. The van der Waals surface area contributed by atoms with E-state index in [1.165, 1.54) is 6.07 Å². The highest BCUT2D eigenvalue weighted by Gasteiger charge is 2.18. The Balaban J connectivity index is 2.50. The summed E-state index contributed by atoms with van der Waals surface area (Å²) in [5.74, 6) is -0.0656. The van der Waals surface area contributed by atoms with Crippen LogP contribution in [0.25, 0.3) is 11.3 Å². The van der Waals surface area contributed by atoms with Gasteiger partial charge in [-0.15, -0.1) is 0 Å². The van der Waals surface area contributed by atoms with E-state index in [9.17, 15) is 4.79 Å². The fourth-order valence-corrected chi connectivity index (χ4v) is 1.80. The number of ether oxygens (including phenoxy) is 1. The second kappa shape index (κ2) is 5.14. The first kappa shape index (κ1) is 13.1. The normalized spacial score (nSPS) is 10.7. The Kier molecular flexibility index (Phi) is 3.55. The predicted molar refractivity (Wildman–Crippen MR) is 69.4 cm³/mol. The largest absolute Gasteiger partial charge is 0.490 e. The zero-order chi connectivity index (χ0) is 14.0. The summed E-state index contributed by atoms with van der Waals surface area (Å²) in [6.07, 6.45) is 0.0161. The van der Waals surface area contributed by atoms with Crippen molar-refractivity contribution in [2.45, 2.75) is 26.9 Å². The molecule has 0 bridgehead atoms. The van der Waals surface area contributed by atoms with E-state index in [1.54, 1.807) is 0 Å². The van der Waals surface area contributed by atoms with Crippen LogP contribution < -0.4 is 4.74 Å². The molecular formula is C14H15NO4. The van der Waals surface area contributed by atoms with Gasteiger partial charge in [-0.1, -0.05) is 17.3 Å². The van der Waals surface area contributed by atoms with E-state index in [0.29, 0.717) is 11.5 Å². The van der Waals surface area contributed by atoms with Gasteiger partial charge in [-0.25, -0.2) is 4.79 Å². The maximum Gasteiger partial charge on any atom is 0.358 e. The van der Waals surface area contributed by atoms with Crippen LogP contribution in [0.15, 0.2) is 28.8 Å². The summed E-state index contributed by atoms with van der Waals surface area (Å²) in [4.78, 5) is 10.8. The number of nitrogens with zero attached hydrogens (tertiary/aromatic N) is 1. The topological polar surface area (TPSA) is 72.6 Å². The third-order valence-corrected chi connectivity index (χ3v) is 2.57. The van der Waals surface area contributed by atoms with Gasteiger partial charge in [-0.3, -0.25) is 0 Å². The lowest BCUT2D eigenvalue weighted by Gasteiger charge is -2.14. The average molecular weight is 261 g/mol. The lowest BCUT2D eigenvalue weighted by atomic mass is 10.0. The smallest absolute Gasteiger partial charge is 0.358 e. The third kappa shape index (κ3) is 2.76. The molecule has 5 heteroatoms. The van der Waals surface area contributed by atoms with Crippen molar-refractivity contribution in [3.8, 4) is 17.1 Å². The molecule has 0 amide bonds. The molecule has 1 aromatic carbocycles. The second-order valence-electron chi connectivity index (χ2n) is 4.50. The van der Waals surface area contributed by atoms with Gasteiger partial charge in [0.2, 0.25) is 0 Å². The van der Waals surface area contributed by atoms with Crippen molar-refractivity contribution in [3.05, 3.63) is 35.5 Å². The quantitative estimate of drug-likeness (QED) is 0.915. The molecule has 1 heterocycles. The fourth-order valence-electron chi connectivity index (χ4n) is 1.80. The van der Waals surface area contributed by atoms with Gasteiger partial charge in [-0.05, 0) is 32.4 Å². The Bertz CT molecular complexity index is 601. The molecular weight excluding hydrogens is 246 g/mol. The molecule has 2 aromatic rings. The minimum atomic E-state index is -1.12. The van der Waals surface area contributed by atoms with E-state index < -0.39 is 5.97 Å². The number of carboxylic acid groups (broad SMARTS) is 1. The highest BCUT2D eigenvalue weighted by atomic mass is 16.5. The molecule has 0 radical (unpaired) electrons. The van der Waals surface area contributed by atoms with Crippen LogP contribution in [0.1, 0.15) is 29.9 Å². The molecule has 0 saturated carbocycles. The molecule has 0 atom stereocenters. The van der Waals surface area contributed by atoms with Crippen molar-refractivity contribution in [1.29, 1.82) is 0 Å². The fraction of sp³-hybridized carbons (Fsp3) is 0.286. The third-order valence-electron chi connectivity index (χ3n) is 2.57. The number of hydrogen-bond acceptors (Lipinski definition) is 4. The first-order valence-corrected chi connectivity index (χ1v) is 5.95. The zero-order valence-electron chi connectivity index (χ0n) is 11.0. The Morgan fingerprint density at radius 1 is 1.42 bits per heavy atom. The van der Waals surface area contributed by atoms with Crippen molar-refractivity contribution in [2.24, 2.45) is 0 Å². The summed E-state index contributed by atoms with van der Waals surface area (Å²) in [5.41, 5.74) is 1.55. The van der Waals surface area contributed by atoms with Gasteiger partial charge < -0.3 is 14.4 Å². The number of carboxylic acids is 1. The van der Waals surface area contributed by atoms with Crippen molar-refractivity contribution < 1.29 is 19.2 Å². The van der Waals surface area contributed by atoms with Crippen LogP contribution >= 0.6 is 0 Å². The molecule has 5 nitrogen and oxygen atoms in total. The van der Waals surface area contributed by atoms with Crippen molar-refractivity contribution in [3.63, 3.8) is 0 Å². The molecule has 0 unspecified atom stereocenters. The Morgan fingerprint density at radius 2 is 2.16 bits per heavy atom. The molecule has 100 valence electrons. The van der Waals surface area contributed by atoms with Gasteiger partial charge in [0.15, 0.2) is 11.5 Å². The second-order valence-corrected chi connectivity index (χ2v) is 4.50. The number of benzene rings is 1. The number of rotatable bonds is 4. The number of hydrogen-bond donors (Lipinski definition) is 1. The van der Waals surface area contributed by atoms with Crippen LogP contribution in [0.4, 0.5) is 0 Å². The van der Waals surface area contributed by atoms with Crippen LogP contribution in [0.3, 0.4) is 0 Å². The lowest BCUT2D eigenvalue weighted by molar-refractivity contribution is 0.0686. The van der Waals surface area contributed by atoms with E-state index in [-0.39, 0.29) is 11.8 Å². The molecule has 0 fully saturated rings. The van der Waals surface area contributed by atoms with Crippen LogP contribution in [0.5, 0.6) is 5.75 Å². The molecule has 0 aliphatic heterocycles. The number of carbonyl (C=O) groups is 1. The van der Waals surface area contributed by atoms with Gasteiger partial charge in [0, 0.05) is 6.07 Å². The SMILES string of the molecule is Cc1cccc(OC(C)C)c1-c1cc(C(=O)O)no1. The number of aromatic carboxylic acids is 1. The summed E-state index contributed by atoms with van der Waals surface area (Å²) in [5, 5.41) is 12.4. The van der Waals surface area contributed by atoms with E-state index in [4.69, 9.17) is 14.4 Å². The highest BCUT2D eigenvalue weighted by molar-refractivity contribution is 5.87. The zero-order valence-corrected chi connectivity index (χ0v) is 11.0. The first-order valence-electron chi connectivity index (χ1n) is 5.95. The van der Waals surface area contributed by atoms with E-state index in [1.807, 2.05) is 39.0 Å². The van der Waals surface area contributed by atoms with E-state index >= 15 is 0 Å². The van der Waals surface area contributed by atoms with Crippen LogP contribution in [0.2, 0.25) is 0 Å². The molecule has 2 rings (SSSR count). The first-order chi connectivity index (χ1) is 8.99. The lowest BCUT2D eigenvalue weighted by Crippen LogP contribution is -2.06. The Morgan fingerprint density at radius 3 is 2.74 bits per heavy atom. The summed E-state index contributed by atoms with van der Waals surface area (Å²) >= 11 is 0. The highest BCUT2D eigenvalue weighted by Crippen LogP contribution is 2.34. The number of aromatic nitrogens is 1. The summed E-state index contributed by atoms with van der Waals surface area (Å²) in [6.45, 7) is 5.76. The van der Waals surface area contributed by atoms with Crippen LogP contribution in [0, 0.1) is 6.92 Å². The maximum atomic E-state index is 10.8. The van der Waals surface area contributed by atoms with Gasteiger partial charge >= 0.3 is 5.97 Å². The molecule has 0 aliphatic rings. The Hall–Kier alpha value is -2.30. The van der Waals surface area contributed by atoms with Gasteiger partial charge in [0.25, 0.3) is 0 Å². The summed E-state index contributed by atoms with van der Waals surface area (Å²) in [6, 6.07) is 7.01. The summed E-state index contributed by atoms with van der Waals surface area (Å²) in [7, 11) is 0. The standard InChI is InChI=1S/C14H15NO4/c1-8(2)18-11-6-4-5-9(3)13(11)12-7-10(14(16)17)15-19-12/h4-8H,1-3H3,(H,16,17). The van der Waals surface area contributed by atoms with Crippen molar-refractivity contribution in [2.75, 3.05) is 0 Å².